The summed E-state index contributed by atoms with van der Waals surface area (Å²) in [6, 6.07) is 11.1. The first-order valence-corrected chi connectivity index (χ1v) is 11.4. The number of benzene rings is 2. The molecule has 188 valence electrons. The van der Waals surface area contributed by atoms with E-state index >= 15 is 0 Å². The molecule has 1 aliphatic rings. The van der Waals surface area contributed by atoms with Gasteiger partial charge in [-0.05, 0) is 49.1 Å². The summed E-state index contributed by atoms with van der Waals surface area (Å²) in [4.78, 5) is 38.3. The van der Waals surface area contributed by atoms with E-state index < -0.39 is 23.3 Å². The molecule has 0 saturated heterocycles. The summed E-state index contributed by atoms with van der Waals surface area (Å²) in [5.41, 5.74) is 16.6. The van der Waals surface area contributed by atoms with Gasteiger partial charge in [0, 0.05) is 5.56 Å². The molecule has 1 aliphatic carbocycles. The quantitative estimate of drug-likeness (QED) is 0.295. The van der Waals surface area contributed by atoms with Gasteiger partial charge in [0.1, 0.15) is 35.2 Å². The molecule has 1 fully saturated rings. The van der Waals surface area contributed by atoms with E-state index in [4.69, 9.17) is 17.2 Å². The second-order valence-corrected chi connectivity index (χ2v) is 8.75. The number of anilines is 3. The molecule has 1 atom stereocenters. The number of primary amides is 1. The van der Waals surface area contributed by atoms with Crippen molar-refractivity contribution < 1.29 is 9.18 Å². The van der Waals surface area contributed by atoms with E-state index in [9.17, 15) is 24.5 Å². The molecule has 0 bridgehead atoms. The number of nitrogens with two attached hydrogens (primary N) is 3. The normalized spacial score (nSPS) is 13.4. The van der Waals surface area contributed by atoms with Crippen molar-refractivity contribution in [2.24, 2.45) is 11.7 Å². The van der Waals surface area contributed by atoms with Gasteiger partial charge in [-0.1, -0.05) is 6.07 Å². The van der Waals surface area contributed by atoms with E-state index in [-0.39, 0.29) is 62.6 Å². The van der Waals surface area contributed by atoms with Crippen molar-refractivity contribution in [2.45, 2.75) is 18.9 Å². The minimum atomic E-state index is -0.777. The van der Waals surface area contributed by atoms with Gasteiger partial charge in [-0.25, -0.2) is 9.37 Å². The molecule has 0 spiro atoms. The summed E-state index contributed by atoms with van der Waals surface area (Å²) in [6.07, 6.45) is 1.50. The Labute approximate surface area is 214 Å². The van der Waals surface area contributed by atoms with Gasteiger partial charge in [-0.3, -0.25) is 14.2 Å². The van der Waals surface area contributed by atoms with Crippen molar-refractivity contribution in [1.82, 2.24) is 19.5 Å². The molecule has 0 radical (unpaired) electrons. The van der Waals surface area contributed by atoms with Crippen molar-refractivity contribution >= 4 is 34.4 Å². The first-order valence-electron chi connectivity index (χ1n) is 11.4. The fraction of sp³-hybridized carbons (Fsp3) is 0.160. The van der Waals surface area contributed by atoms with Crippen molar-refractivity contribution in [3.05, 3.63) is 75.1 Å². The lowest BCUT2D eigenvalue weighted by Crippen LogP contribution is -2.30. The Bertz CT molecular complexity index is 1780. The molecule has 1 saturated carbocycles. The van der Waals surface area contributed by atoms with Crippen LogP contribution in [0.3, 0.4) is 0 Å². The zero-order valence-electron chi connectivity index (χ0n) is 19.6. The number of halogens is 1. The van der Waals surface area contributed by atoms with Crippen LogP contribution in [-0.2, 0) is 0 Å². The number of nitriles is 2. The summed E-state index contributed by atoms with van der Waals surface area (Å²) < 4.78 is 15.6. The zero-order valence-corrected chi connectivity index (χ0v) is 19.6. The summed E-state index contributed by atoms with van der Waals surface area (Å²) in [6.45, 7) is 0. The molecule has 0 unspecified atom stereocenters. The Balaban J connectivity index is 1.82. The smallest absolute Gasteiger partial charge is 0.266 e. The number of nitrogens with one attached hydrogen (secondary N) is 1. The standard InChI is InChI=1S/C25H19FN10O2/c26-14-6-13(9-27)18-16(8-14)24(38)36(15-3-1-2-12(7-15)21(30)37)23(33-18)19(11-4-5-11)32-22-17(10-28)20(29)34-25(31)35-22/h1-3,6-8,11,19H,4-5H2,(H2,30,37)(H5,29,31,32,34,35)/t19-/m0/s1. The van der Waals surface area contributed by atoms with Gasteiger partial charge >= 0.3 is 0 Å². The van der Waals surface area contributed by atoms with Crippen molar-refractivity contribution in [3.63, 3.8) is 0 Å². The van der Waals surface area contributed by atoms with Crippen LogP contribution in [0.4, 0.5) is 22.0 Å². The highest BCUT2D eigenvalue weighted by molar-refractivity contribution is 5.93. The van der Waals surface area contributed by atoms with Crippen LogP contribution >= 0.6 is 0 Å². The lowest BCUT2D eigenvalue weighted by molar-refractivity contribution is 0.1000. The van der Waals surface area contributed by atoms with E-state index in [1.807, 2.05) is 12.1 Å². The Morgan fingerprint density at radius 3 is 2.55 bits per heavy atom. The molecule has 7 N–H and O–H groups in total. The minimum Gasteiger partial charge on any atom is -0.382 e. The summed E-state index contributed by atoms with van der Waals surface area (Å²) in [7, 11) is 0. The van der Waals surface area contributed by atoms with Gasteiger partial charge in [-0.2, -0.15) is 20.5 Å². The highest BCUT2D eigenvalue weighted by Crippen LogP contribution is 2.43. The molecule has 2 aromatic carbocycles. The average Bonchev–Trinajstić information content (AvgIpc) is 3.72. The van der Waals surface area contributed by atoms with Crippen LogP contribution in [0.25, 0.3) is 16.6 Å². The maximum absolute atomic E-state index is 14.3. The molecular weight excluding hydrogens is 491 g/mol. The SMILES string of the molecule is N#Cc1c(N)nc(N)nc1N[C@H](c1nc2c(C#N)cc(F)cc2c(=O)n1-c1cccc(C(N)=O)c1)C1CC1. The molecule has 2 aromatic heterocycles. The van der Waals surface area contributed by atoms with Gasteiger partial charge in [0.05, 0.1) is 28.2 Å². The first-order chi connectivity index (χ1) is 18.2. The summed E-state index contributed by atoms with van der Waals surface area (Å²) >= 11 is 0. The van der Waals surface area contributed by atoms with Crippen molar-refractivity contribution in [3.8, 4) is 17.8 Å². The number of fused-ring (bicyclic) bond motifs is 1. The van der Waals surface area contributed by atoms with Gasteiger partial charge in [-0.15, -0.1) is 0 Å². The number of rotatable bonds is 6. The molecule has 0 aliphatic heterocycles. The van der Waals surface area contributed by atoms with E-state index in [2.05, 4.69) is 20.3 Å². The molecule has 2 heterocycles. The Kier molecular flexibility index (Phi) is 5.81. The minimum absolute atomic E-state index is 0.00544. The van der Waals surface area contributed by atoms with Crippen LogP contribution < -0.4 is 28.1 Å². The van der Waals surface area contributed by atoms with E-state index in [1.165, 1.54) is 16.7 Å². The fourth-order valence-electron chi connectivity index (χ4n) is 4.29. The number of amides is 1. The van der Waals surface area contributed by atoms with Crippen LogP contribution in [0.15, 0.2) is 41.2 Å². The van der Waals surface area contributed by atoms with Crippen LogP contribution in [0.5, 0.6) is 0 Å². The van der Waals surface area contributed by atoms with Gasteiger partial charge in [0.25, 0.3) is 5.56 Å². The second-order valence-electron chi connectivity index (χ2n) is 8.75. The van der Waals surface area contributed by atoms with Crippen LogP contribution in [0, 0.1) is 34.4 Å². The van der Waals surface area contributed by atoms with Gasteiger partial charge in [0.15, 0.2) is 5.82 Å². The maximum atomic E-state index is 14.3. The first kappa shape index (κ1) is 24.1. The number of nitrogen functional groups attached to an aromatic ring is 2. The Morgan fingerprint density at radius 1 is 1.13 bits per heavy atom. The molecule has 5 rings (SSSR count). The third kappa shape index (κ3) is 4.18. The van der Waals surface area contributed by atoms with E-state index in [1.54, 1.807) is 12.1 Å². The second kappa shape index (κ2) is 9.15. The van der Waals surface area contributed by atoms with E-state index in [0.717, 1.165) is 25.0 Å². The molecule has 1 amide bonds. The van der Waals surface area contributed by atoms with Crippen LogP contribution in [0.1, 0.15) is 46.2 Å². The van der Waals surface area contributed by atoms with E-state index in [0.29, 0.717) is 0 Å². The number of carbonyl (C=O) groups is 1. The largest absolute Gasteiger partial charge is 0.382 e. The lowest BCUT2D eigenvalue weighted by atomic mass is 10.1. The highest BCUT2D eigenvalue weighted by atomic mass is 19.1. The van der Waals surface area contributed by atoms with Gasteiger partial charge < -0.3 is 22.5 Å². The van der Waals surface area contributed by atoms with Crippen LogP contribution in [-0.4, -0.2) is 25.4 Å². The lowest BCUT2D eigenvalue weighted by Gasteiger charge is -2.24. The molecular formula is C25H19FN10O2. The predicted molar refractivity (Wildman–Crippen MR) is 135 cm³/mol. The predicted octanol–water partition coefficient (Wildman–Crippen LogP) is 1.88. The maximum Gasteiger partial charge on any atom is 0.266 e. The highest BCUT2D eigenvalue weighted by Gasteiger charge is 2.37. The van der Waals surface area contributed by atoms with Gasteiger partial charge in [0.2, 0.25) is 11.9 Å². The third-order valence-corrected chi connectivity index (χ3v) is 6.20. The van der Waals surface area contributed by atoms with Crippen molar-refractivity contribution in [1.29, 1.82) is 10.5 Å². The average molecular weight is 510 g/mol. The number of hydrogen-bond donors (Lipinski definition) is 4. The number of hydrogen-bond acceptors (Lipinski definition) is 10. The molecule has 4 aromatic rings. The zero-order chi connectivity index (χ0) is 27.1. The molecule has 38 heavy (non-hydrogen) atoms. The topological polar surface area (TPSA) is 215 Å². The monoisotopic (exact) mass is 510 g/mol. The number of carbonyl (C=O) groups excluding carboxylic acids is 1. The summed E-state index contributed by atoms with van der Waals surface area (Å²) in [5.74, 6) is -1.65. The number of nitrogens with zero attached hydrogens (tertiary/aromatic N) is 6. The molecule has 13 heteroatoms. The van der Waals surface area contributed by atoms with Crippen molar-refractivity contribution in [2.75, 3.05) is 16.8 Å². The number of aromatic nitrogens is 4. The third-order valence-electron chi connectivity index (χ3n) is 6.20. The summed E-state index contributed by atoms with van der Waals surface area (Å²) in [5, 5.41) is 22.3. The Morgan fingerprint density at radius 2 is 1.89 bits per heavy atom. The van der Waals surface area contributed by atoms with Crippen LogP contribution in [0.2, 0.25) is 0 Å². The molecule has 12 nitrogen and oxygen atoms in total. The Hall–Kier alpha value is -5.56. The fourth-order valence-corrected chi connectivity index (χ4v) is 4.29.